The van der Waals surface area contributed by atoms with Gasteiger partial charge in [-0.25, -0.2) is 0 Å². The number of amides is 1. The molecule has 0 aliphatic carbocycles. The normalized spacial score (nSPS) is 15.0. The van der Waals surface area contributed by atoms with E-state index >= 15 is 0 Å². The summed E-state index contributed by atoms with van der Waals surface area (Å²) in [5.74, 6) is 0.954. The molecule has 2 aromatic rings. The fraction of sp³-hybridized carbons (Fsp3) is 0.190. The van der Waals surface area contributed by atoms with Gasteiger partial charge in [-0.2, -0.15) is 5.26 Å². The van der Waals surface area contributed by atoms with Gasteiger partial charge in [0.05, 0.1) is 28.1 Å². The van der Waals surface area contributed by atoms with E-state index in [1.54, 1.807) is 30.2 Å². The summed E-state index contributed by atoms with van der Waals surface area (Å²) < 4.78 is 12.7. The highest BCUT2D eigenvalue weighted by Gasteiger charge is 2.30. The van der Waals surface area contributed by atoms with Crippen LogP contribution in [0.4, 0.5) is 0 Å². The van der Waals surface area contributed by atoms with Crippen molar-refractivity contribution in [3.63, 3.8) is 0 Å². The molecule has 2 aromatic carbocycles. The zero-order valence-corrected chi connectivity index (χ0v) is 19.0. The number of methoxy groups -OCH3 is 1. The van der Waals surface area contributed by atoms with Gasteiger partial charge in [-0.15, -0.1) is 0 Å². The number of nitriles is 1. The molecule has 29 heavy (non-hydrogen) atoms. The van der Waals surface area contributed by atoms with Crippen LogP contribution in [0.1, 0.15) is 23.6 Å². The minimum Gasteiger partial charge on any atom is -0.493 e. The predicted molar refractivity (Wildman–Crippen MR) is 122 cm³/mol. The maximum atomic E-state index is 12.4. The third-order valence-electron chi connectivity index (χ3n) is 4.25. The number of ether oxygens (including phenoxy) is 2. The average molecular weight is 489 g/mol. The molecule has 5 nitrogen and oxygen atoms in total. The Morgan fingerprint density at radius 2 is 2.10 bits per heavy atom. The summed E-state index contributed by atoms with van der Waals surface area (Å²) in [5, 5.41) is 9.23. The highest BCUT2D eigenvalue weighted by atomic mass is 79.9. The molecule has 1 saturated heterocycles. The zero-order valence-electron chi connectivity index (χ0n) is 15.8. The lowest BCUT2D eigenvalue weighted by Gasteiger charge is -2.14. The fourth-order valence-corrected chi connectivity index (χ4v) is 4.75. The van der Waals surface area contributed by atoms with Crippen LogP contribution in [0.2, 0.25) is 0 Å². The Morgan fingerprint density at radius 1 is 1.34 bits per heavy atom. The van der Waals surface area contributed by atoms with E-state index in [1.165, 1.54) is 11.8 Å². The minimum atomic E-state index is -0.0916. The van der Waals surface area contributed by atoms with Crippen LogP contribution in [0.5, 0.6) is 11.5 Å². The molecule has 0 N–H and O–H groups in total. The van der Waals surface area contributed by atoms with Crippen molar-refractivity contribution in [3.8, 4) is 17.6 Å². The standard InChI is InChI=1S/C21H17BrN2O3S2/c1-3-24-20(25)18(29-21(24)28)10-13-8-16(22)19(17(9-13)26-2)27-12-15-7-5-4-6-14(15)11-23/h4-10H,3,12H2,1-2H3. The maximum Gasteiger partial charge on any atom is 0.266 e. The molecule has 8 heteroatoms. The summed E-state index contributed by atoms with van der Waals surface area (Å²) in [6, 6.07) is 13.1. The summed E-state index contributed by atoms with van der Waals surface area (Å²) in [6.45, 7) is 2.67. The average Bonchev–Trinajstić information content (AvgIpc) is 2.99. The Kier molecular flexibility index (Phi) is 6.96. The van der Waals surface area contributed by atoms with Gasteiger partial charge < -0.3 is 9.47 Å². The lowest BCUT2D eigenvalue weighted by molar-refractivity contribution is -0.121. The van der Waals surface area contributed by atoms with Crippen molar-refractivity contribution in [2.45, 2.75) is 13.5 Å². The van der Waals surface area contributed by atoms with Gasteiger partial charge in [0.2, 0.25) is 0 Å². The minimum absolute atomic E-state index is 0.0916. The summed E-state index contributed by atoms with van der Waals surface area (Å²) >= 11 is 10.1. The van der Waals surface area contributed by atoms with E-state index in [-0.39, 0.29) is 12.5 Å². The van der Waals surface area contributed by atoms with Gasteiger partial charge >= 0.3 is 0 Å². The van der Waals surface area contributed by atoms with Crippen molar-refractivity contribution in [1.29, 1.82) is 5.26 Å². The summed E-state index contributed by atoms with van der Waals surface area (Å²) in [5.41, 5.74) is 2.14. The second-order valence-corrected chi connectivity index (χ2v) is 8.55. The van der Waals surface area contributed by atoms with Crippen LogP contribution in [0, 0.1) is 11.3 Å². The molecule has 3 rings (SSSR count). The number of halogens is 1. The van der Waals surface area contributed by atoms with Gasteiger partial charge in [-0.05, 0) is 52.7 Å². The van der Waals surface area contributed by atoms with Crippen molar-refractivity contribution in [3.05, 3.63) is 62.5 Å². The van der Waals surface area contributed by atoms with Gasteiger partial charge in [0.1, 0.15) is 10.9 Å². The fourth-order valence-electron chi connectivity index (χ4n) is 2.79. The SMILES string of the molecule is CCN1C(=O)C(=Cc2cc(Br)c(OCc3ccccc3C#N)c(OC)c2)SC1=S. The van der Waals surface area contributed by atoms with Crippen molar-refractivity contribution in [2.75, 3.05) is 13.7 Å². The number of carbonyl (C=O) groups is 1. The molecule has 0 radical (unpaired) electrons. The highest BCUT2D eigenvalue weighted by molar-refractivity contribution is 9.10. The molecule has 0 aromatic heterocycles. The Labute approximate surface area is 187 Å². The van der Waals surface area contributed by atoms with E-state index in [2.05, 4.69) is 22.0 Å². The number of thioether (sulfide) groups is 1. The van der Waals surface area contributed by atoms with Gasteiger partial charge in [-0.3, -0.25) is 9.69 Å². The third kappa shape index (κ3) is 4.64. The first kappa shape index (κ1) is 21.4. The van der Waals surface area contributed by atoms with Crippen LogP contribution in [-0.4, -0.2) is 28.8 Å². The van der Waals surface area contributed by atoms with Crippen LogP contribution < -0.4 is 9.47 Å². The van der Waals surface area contributed by atoms with Crippen molar-refractivity contribution in [2.24, 2.45) is 0 Å². The molecule has 1 aliphatic rings. The maximum absolute atomic E-state index is 12.4. The van der Waals surface area contributed by atoms with Crippen molar-refractivity contribution in [1.82, 2.24) is 4.90 Å². The molecule has 1 aliphatic heterocycles. The molecule has 1 fully saturated rings. The number of benzene rings is 2. The van der Waals surface area contributed by atoms with Gasteiger partial charge in [0.25, 0.3) is 5.91 Å². The first-order chi connectivity index (χ1) is 14.0. The molecule has 148 valence electrons. The topological polar surface area (TPSA) is 62.6 Å². The molecular weight excluding hydrogens is 472 g/mol. The van der Waals surface area contributed by atoms with Crippen LogP contribution in [0.15, 0.2) is 45.8 Å². The Balaban J connectivity index is 1.87. The molecular formula is C21H17BrN2O3S2. The number of thiocarbonyl (C=S) groups is 1. The molecule has 0 unspecified atom stereocenters. The second kappa shape index (κ2) is 9.44. The quantitative estimate of drug-likeness (QED) is 0.414. The number of hydrogen-bond donors (Lipinski definition) is 0. The summed E-state index contributed by atoms with van der Waals surface area (Å²) in [7, 11) is 1.55. The molecule has 0 saturated carbocycles. The first-order valence-corrected chi connectivity index (χ1v) is 10.7. The van der Waals surface area contributed by atoms with Crippen LogP contribution in [0.25, 0.3) is 6.08 Å². The molecule has 0 atom stereocenters. The van der Waals surface area contributed by atoms with E-state index in [4.69, 9.17) is 21.7 Å². The largest absolute Gasteiger partial charge is 0.493 e. The first-order valence-electron chi connectivity index (χ1n) is 8.72. The smallest absolute Gasteiger partial charge is 0.266 e. The number of hydrogen-bond acceptors (Lipinski definition) is 6. The lowest BCUT2D eigenvalue weighted by atomic mass is 10.1. The van der Waals surface area contributed by atoms with Gasteiger partial charge in [0, 0.05) is 12.1 Å². The second-order valence-electron chi connectivity index (χ2n) is 6.02. The molecule has 0 spiro atoms. The molecule has 1 amide bonds. The Bertz CT molecular complexity index is 1050. The number of nitrogens with zero attached hydrogens (tertiary/aromatic N) is 2. The van der Waals surface area contributed by atoms with Crippen LogP contribution >= 0.6 is 39.9 Å². The monoisotopic (exact) mass is 488 g/mol. The van der Waals surface area contributed by atoms with Crippen molar-refractivity contribution < 1.29 is 14.3 Å². The zero-order chi connectivity index (χ0) is 21.0. The summed E-state index contributed by atoms with van der Waals surface area (Å²) in [6.07, 6.45) is 1.79. The Hall–Kier alpha value is -2.34. The molecule has 0 bridgehead atoms. The van der Waals surface area contributed by atoms with E-state index in [9.17, 15) is 10.1 Å². The van der Waals surface area contributed by atoms with Crippen LogP contribution in [0.3, 0.4) is 0 Å². The lowest BCUT2D eigenvalue weighted by Crippen LogP contribution is -2.27. The predicted octanol–water partition coefficient (Wildman–Crippen LogP) is 5.13. The third-order valence-corrected chi connectivity index (χ3v) is 6.22. The van der Waals surface area contributed by atoms with E-state index < -0.39 is 0 Å². The van der Waals surface area contributed by atoms with E-state index in [0.29, 0.717) is 37.3 Å². The van der Waals surface area contributed by atoms with Crippen molar-refractivity contribution >= 4 is 56.2 Å². The Morgan fingerprint density at radius 3 is 2.76 bits per heavy atom. The molecule has 1 heterocycles. The number of likely N-dealkylation sites (N-methyl/N-ethyl adjacent to an activating group) is 1. The van der Waals surface area contributed by atoms with E-state index in [0.717, 1.165) is 11.1 Å². The number of carbonyl (C=O) groups excluding carboxylic acids is 1. The van der Waals surface area contributed by atoms with E-state index in [1.807, 2.05) is 31.2 Å². The summed E-state index contributed by atoms with van der Waals surface area (Å²) in [4.78, 5) is 14.6. The van der Waals surface area contributed by atoms with Gasteiger partial charge in [-0.1, -0.05) is 42.2 Å². The van der Waals surface area contributed by atoms with Gasteiger partial charge in [0.15, 0.2) is 11.5 Å². The highest BCUT2D eigenvalue weighted by Crippen LogP contribution is 2.39. The van der Waals surface area contributed by atoms with Crippen LogP contribution in [-0.2, 0) is 11.4 Å². The number of rotatable bonds is 6.